The molecule has 11 heteroatoms. The summed E-state index contributed by atoms with van der Waals surface area (Å²) in [5, 5.41) is 21.8. The fourth-order valence-electron chi connectivity index (χ4n) is 5.19. The minimum atomic E-state index is -4.67. The third-order valence-corrected chi connectivity index (χ3v) is 7.38. The first-order valence-electron chi connectivity index (χ1n) is 12.3. The Kier molecular flexibility index (Phi) is 6.78. The maximum Gasteiger partial charge on any atom is 0.433 e. The van der Waals surface area contributed by atoms with Crippen molar-refractivity contribution < 1.29 is 32.5 Å². The van der Waals surface area contributed by atoms with Crippen LogP contribution >= 0.6 is 0 Å². The van der Waals surface area contributed by atoms with E-state index >= 15 is 0 Å². The molecule has 39 heavy (non-hydrogen) atoms. The first-order valence-corrected chi connectivity index (χ1v) is 12.3. The Balaban J connectivity index is 1.49. The van der Waals surface area contributed by atoms with Crippen LogP contribution in [0, 0.1) is 23.7 Å². The largest absolute Gasteiger partial charge is 0.475 e. The molecular weight excluding hydrogens is 513 g/mol. The highest BCUT2D eigenvalue weighted by atomic mass is 19.4. The number of aliphatic hydroxyl groups excluding tert-OH is 1. The Hall–Kier alpha value is -4.01. The molecule has 0 bridgehead atoms. The smallest absolute Gasteiger partial charge is 0.433 e. The lowest BCUT2D eigenvalue weighted by Crippen LogP contribution is -2.30. The van der Waals surface area contributed by atoms with Gasteiger partial charge in [-0.05, 0) is 66.8 Å². The average molecular weight is 539 g/mol. The van der Waals surface area contributed by atoms with Crippen molar-refractivity contribution in [3.63, 3.8) is 0 Å². The number of rotatable bonds is 7. The zero-order valence-corrected chi connectivity index (χ0v) is 21.0. The molecule has 1 aliphatic heterocycles. The van der Waals surface area contributed by atoms with Crippen LogP contribution in [0.3, 0.4) is 0 Å². The summed E-state index contributed by atoms with van der Waals surface area (Å²) in [5.41, 5.74) is 0.958. The zero-order valence-electron chi connectivity index (χ0n) is 21.0. The molecule has 2 N–H and O–H groups in total. The Morgan fingerprint density at radius 3 is 2.82 bits per heavy atom. The van der Waals surface area contributed by atoms with Crippen molar-refractivity contribution in [2.24, 2.45) is 5.41 Å². The maximum atomic E-state index is 13.0. The molecule has 2 atom stereocenters. The van der Waals surface area contributed by atoms with Gasteiger partial charge < -0.3 is 19.9 Å². The number of nitrogens with zero attached hydrogens (tertiary/aromatic N) is 3. The van der Waals surface area contributed by atoms with Crippen molar-refractivity contribution in [2.45, 2.75) is 31.4 Å². The Bertz CT molecular complexity index is 1470. The fraction of sp³-hybridized carbons (Fsp3) is 0.357. The molecule has 3 heterocycles. The van der Waals surface area contributed by atoms with E-state index in [-0.39, 0.29) is 18.8 Å². The molecule has 2 aromatic heterocycles. The number of hydrogen-bond donors (Lipinski definition) is 2. The second kappa shape index (κ2) is 9.94. The van der Waals surface area contributed by atoms with Crippen molar-refractivity contribution in [1.82, 2.24) is 9.97 Å². The van der Waals surface area contributed by atoms with Gasteiger partial charge in [-0.3, -0.25) is 9.78 Å². The van der Waals surface area contributed by atoms with Gasteiger partial charge in [-0.15, -0.1) is 0 Å². The zero-order chi connectivity index (χ0) is 27.8. The minimum Gasteiger partial charge on any atom is -0.475 e. The van der Waals surface area contributed by atoms with E-state index in [1.54, 1.807) is 24.3 Å². The number of aryl methyl sites for hydroxylation is 1. The third-order valence-electron chi connectivity index (χ3n) is 7.38. The lowest BCUT2D eigenvalue weighted by molar-refractivity contribution is -0.141. The summed E-state index contributed by atoms with van der Waals surface area (Å²) in [6, 6.07) is 13.1. The number of nitriles is 1. The van der Waals surface area contributed by atoms with E-state index in [2.05, 4.69) is 21.4 Å². The van der Waals surface area contributed by atoms with E-state index in [4.69, 9.17) is 9.47 Å². The summed E-state index contributed by atoms with van der Waals surface area (Å²) in [4.78, 5) is 20.8. The first kappa shape index (κ1) is 26.6. The number of nitrogens with one attached hydrogen (secondary N) is 1. The Morgan fingerprint density at radius 2 is 2.08 bits per heavy atom. The van der Waals surface area contributed by atoms with Crippen LogP contribution in [0.5, 0.6) is 5.88 Å². The standard InChI is InChI=1S/C28H25F3N4O4/c1-17-2-3-20(34-25(37)18-4-6-33-23(10-18)28(29,30)31)13-21(17)19-11-22(35-24(12-19)39-9-7-36)27-5-8-38-16-26(27,14-27)15-32/h2-4,6,10-13,36H,5,7-9,14,16H2,1H3,(H,34,37)/t26-,27+/m1/s1. The highest BCUT2D eigenvalue weighted by molar-refractivity contribution is 6.04. The Morgan fingerprint density at radius 1 is 1.26 bits per heavy atom. The summed E-state index contributed by atoms with van der Waals surface area (Å²) in [6.45, 7) is 2.56. The van der Waals surface area contributed by atoms with Crippen LogP contribution in [0.15, 0.2) is 48.7 Å². The summed E-state index contributed by atoms with van der Waals surface area (Å²) < 4.78 is 50.4. The fourth-order valence-corrected chi connectivity index (χ4v) is 5.19. The predicted molar refractivity (Wildman–Crippen MR) is 134 cm³/mol. The van der Waals surface area contributed by atoms with Gasteiger partial charge in [-0.1, -0.05) is 6.07 Å². The van der Waals surface area contributed by atoms with Crippen molar-refractivity contribution in [3.05, 3.63) is 71.2 Å². The predicted octanol–water partition coefficient (Wildman–Crippen LogP) is 4.67. The number of carbonyl (C=O) groups excluding carboxylic acids is 1. The van der Waals surface area contributed by atoms with E-state index in [1.807, 2.05) is 13.0 Å². The molecule has 0 spiro atoms. The van der Waals surface area contributed by atoms with Crippen LogP contribution in [0.1, 0.15) is 40.2 Å². The van der Waals surface area contributed by atoms with E-state index in [0.29, 0.717) is 49.4 Å². The summed E-state index contributed by atoms with van der Waals surface area (Å²) in [6.07, 6.45) is -2.47. The molecule has 1 amide bonds. The highest BCUT2D eigenvalue weighted by Gasteiger charge is 2.71. The van der Waals surface area contributed by atoms with E-state index in [0.717, 1.165) is 22.9 Å². The summed E-state index contributed by atoms with van der Waals surface area (Å²) >= 11 is 0. The molecule has 1 aliphatic carbocycles. The molecule has 1 aromatic carbocycles. The number of aliphatic hydroxyl groups is 1. The van der Waals surface area contributed by atoms with Gasteiger partial charge in [-0.2, -0.15) is 18.4 Å². The van der Waals surface area contributed by atoms with Gasteiger partial charge in [0, 0.05) is 35.5 Å². The van der Waals surface area contributed by atoms with Gasteiger partial charge in [0.2, 0.25) is 5.88 Å². The van der Waals surface area contributed by atoms with Crippen LogP contribution < -0.4 is 10.1 Å². The lowest BCUT2D eigenvalue weighted by atomic mass is 9.85. The monoisotopic (exact) mass is 538 g/mol. The van der Waals surface area contributed by atoms with Crippen LogP contribution in [-0.2, 0) is 16.3 Å². The molecule has 3 aromatic rings. The van der Waals surface area contributed by atoms with Gasteiger partial charge in [0.1, 0.15) is 12.3 Å². The number of hydrogen-bond acceptors (Lipinski definition) is 7. The molecule has 2 fully saturated rings. The second-order valence-electron chi connectivity index (χ2n) is 9.82. The minimum absolute atomic E-state index is 0.0380. The third kappa shape index (κ3) is 4.93. The van der Waals surface area contributed by atoms with Crippen molar-refractivity contribution in [2.75, 3.05) is 31.7 Å². The second-order valence-corrected chi connectivity index (χ2v) is 9.82. The number of carbonyl (C=O) groups is 1. The molecule has 2 aliphatic rings. The number of amides is 1. The number of fused-ring (bicyclic) bond motifs is 1. The summed E-state index contributed by atoms with van der Waals surface area (Å²) in [5.74, 6) is -0.417. The molecule has 0 unspecified atom stereocenters. The number of halogens is 3. The Labute approximate surface area is 222 Å². The van der Waals surface area contributed by atoms with Crippen molar-refractivity contribution in [1.29, 1.82) is 5.26 Å². The number of pyridine rings is 2. The van der Waals surface area contributed by atoms with Gasteiger partial charge in [0.05, 0.1) is 30.4 Å². The number of ether oxygens (including phenoxy) is 2. The first-order chi connectivity index (χ1) is 18.6. The molecule has 8 nitrogen and oxygen atoms in total. The quantitative estimate of drug-likeness (QED) is 0.449. The molecule has 1 saturated carbocycles. The van der Waals surface area contributed by atoms with E-state index < -0.39 is 28.6 Å². The van der Waals surface area contributed by atoms with E-state index in [1.165, 1.54) is 6.07 Å². The van der Waals surface area contributed by atoms with Crippen molar-refractivity contribution in [3.8, 4) is 23.1 Å². The van der Waals surface area contributed by atoms with Gasteiger partial charge in [-0.25, -0.2) is 4.98 Å². The SMILES string of the molecule is Cc1ccc(NC(=O)c2ccnc(C(F)(F)F)c2)cc1-c1cc(OCCO)nc([C@@]23CCOC[C@]2(C#N)C3)c1. The normalized spacial score (nSPS) is 21.9. The molecule has 5 rings (SSSR count). The average Bonchev–Trinajstić information content (AvgIpc) is 3.64. The van der Waals surface area contributed by atoms with Crippen LogP contribution in [-0.4, -0.2) is 47.4 Å². The number of alkyl halides is 3. The van der Waals surface area contributed by atoms with Gasteiger partial charge in [0.15, 0.2) is 0 Å². The highest BCUT2D eigenvalue weighted by Crippen LogP contribution is 2.68. The topological polar surface area (TPSA) is 117 Å². The molecular formula is C28H25F3N4O4. The van der Waals surface area contributed by atoms with E-state index in [9.17, 15) is 28.3 Å². The molecule has 202 valence electrons. The van der Waals surface area contributed by atoms with Gasteiger partial charge >= 0.3 is 6.18 Å². The summed E-state index contributed by atoms with van der Waals surface area (Å²) in [7, 11) is 0. The maximum absolute atomic E-state index is 13.0. The number of anilines is 1. The van der Waals surface area contributed by atoms with Crippen LogP contribution in [0.2, 0.25) is 0 Å². The van der Waals surface area contributed by atoms with Crippen LogP contribution in [0.25, 0.3) is 11.1 Å². The number of aromatic nitrogens is 2. The lowest BCUT2D eigenvalue weighted by Gasteiger charge is -2.26. The number of benzene rings is 1. The van der Waals surface area contributed by atoms with Gasteiger partial charge in [0.25, 0.3) is 5.91 Å². The molecule has 1 saturated heterocycles. The molecule has 0 radical (unpaired) electrons. The van der Waals surface area contributed by atoms with Crippen molar-refractivity contribution >= 4 is 11.6 Å². The van der Waals surface area contributed by atoms with Crippen LogP contribution in [0.4, 0.5) is 18.9 Å².